The molecule has 0 radical (unpaired) electrons. The van der Waals surface area contributed by atoms with Crippen LogP contribution in [0, 0.1) is 46.3 Å². The maximum Gasteiger partial charge on any atom is 0.122 e. The first-order valence-corrected chi connectivity index (χ1v) is 13.1. The number of piperidine rings is 1. The van der Waals surface area contributed by atoms with Crippen LogP contribution in [-0.4, -0.2) is 29.6 Å². The lowest BCUT2D eigenvalue weighted by atomic mass is 9.47. The predicted octanol–water partition coefficient (Wildman–Crippen LogP) is 5.29. The fourth-order valence-corrected chi connectivity index (χ4v) is 9.84. The van der Waals surface area contributed by atoms with E-state index in [1.165, 1.54) is 44.9 Å². The van der Waals surface area contributed by atoms with E-state index in [2.05, 4.69) is 39.1 Å². The van der Waals surface area contributed by atoms with Crippen molar-refractivity contribution in [3.05, 3.63) is 11.6 Å². The first-order valence-electron chi connectivity index (χ1n) is 13.1. The highest BCUT2D eigenvalue weighted by molar-refractivity contribution is 5.26. The van der Waals surface area contributed by atoms with Gasteiger partial charge in [-0.1, -0.05) is 39.3 Å². The Labute approximate surface area is 183 Å². The molecule has 11 atom stereocenters. The van der Waals surface area contributed by atoms with Gasteiger partial charge in [0.05, 0.1) is 12.2 Å². The average Bonchev–Trinajstić information content (AvgIpc) is 3.16. The molecule has 3 heteroatoms. The molecule has 2 saturated heterocycles. The SMILES string of the molecule is C[C@@H]1CC[C@]2(NC1)O[C@H]1C[C@@H]3[C@H]4CC=C5C[C@H](O)CC[C@@]5(C)[C@@H]4CC[C@@]3(C)[C@H]1[C@H]2C. The molecule has 3 saturated carbocycles. The number of hydrogen-bond donors (Lipinski definition) is 2. The lowest BCUT2D eigenvalue weighted by Gasteiger charge is -2.58. The van der Waals surface area contributed by atoms with Gasteiger partial charge >= 0.3 is 0 Å². The van der Waals surface area contributed by atoms with E-state index in [9.17, 15) is 5.11 Å². The third-order valence-corrected chi connectivity index (χ3v) is 11.6. The van der Waals surface area contributed by atoms with Crippen molar-refractivity contribution < 1.29 is 9.84 Å². The Morgan fingerprint density at radius 3 is 2.67 bits per heavy atom. The van der Waals surface area contributed by atoms with Crippen LogP contribution < -0.4 is 5.32 Å². The molecule has 6 aliphatic rings. The van der Waals surface area contributed by atoms with Gasteiger partial charge in [0, 0.05) is 12.5 Å². The smallest absolute Gasteiger partial charge is 0.122 e. The summed E-state index contributed by atoms with van der Waals surface area (Å²) in [6, 6.07) is 0. The molecule has 3 nitrogen and oxygen atoms in total. The summed E-state index contributed by atoms with van der Waals surface area (Å²) >= 11 is 0. The molecule has 2 heterocycles. The average molecular weight is 414 g/mol. The van der Waals surface area contributed by atoms with Crippen LogP contribution in [0.25, 0.3) is 0 Å². The molecule has 6 rings (SSSR count). The summed E-state index contributed by atoms with van der Waals surface area (Å²) in [4.78, 5) is 0. The Balaban J connectivity index is 1.28. The molecular formula is C27H43NO2. The van der Waals surface area contributed by atoms with Crippen LogP contribution in [0.5, 0.6) is 0 Å². The minimum atomic E-state index is -0.100. The third-order valence-electron chi connectivity index (χ3n) is 11.6. The molecule has 30 heavy (non-hydrogen) atoms. The highest BCUT2D eigenvalue weighted by atomic mass is 16.5. The summed E-state index contributed by atoms with van der Waals surface area (Å²) in [7, 11) is 0. The Bertz CT molecular complexity index is 739. The van der Waals surface area contributed by atoms with E-state index in [0.717, 1.165) is 49.0 Å². The van der Waals surface area contributed by atoms with Gasteiger partial charge in [-0.15, -0.1) is 0 Å². The molecule has 0 aromatic heterocycles. The summed E-state index contributed by atoms with van der Waals surface area (Å²) in [6.45, 7) is 11.2. The number of rotatable bonds is 0. The van der Waals surface area contributed by atoms with Crippen molar-refractivity contribution in [3.63, 3.8) is 0 Å². The van der Waals surface area contributed by atoms with Gasteiger partial charge in [-0.05, 0) is 98.2 Å². The third kappa shape index (κ3) is 2.55. The van der Waals surface area contributed by atoms with E-state index in [1.54, 1.807) is 5.57 Å². The number of ether oxygens (including phenoxy) is 1. The second-order valence-electron chi connectivity index (χ2n) is 12.8. The summed E-state index contributed by atoms with van der Waals surface area (Å²) in [5.41, 5.74) is 2.33. The van der Waals surface area contributed by atoms with E-state index < -0.39 is 0 Å². The molecule has 2 aliphatic heterocycles. The minimum absolute atomic E-state index is 0.0439. The molecule has 2 N–H and O–H groups in total. The molecular weight excluding hydrogens is 370 g/mol. The number of hydrogen-bond acceptors (Lipinski definition) is 3. The van der Waals surface area contributed by atoms with Crippen LogP contribution in [-0.2, 0) is 4.74 Å². The van der Waals surface area contributed by atoms with Gasteiger partial charge in [0.25, 0.3) is 0 Å². The number of nitrogens with one attached hydrogen (secondary N) is 1. The number of fused-ring (bicyclic) bond motifs is 7. The van der Waals surface area contributed by atoms with Gasteiger partial charge in [-0.2, -0.15) is 0 Å². The lowest BCUT2D eigenvalue weighted by molar-refractivity contribution is -0.115. The minimum Gasteiger partial charge on any atom is -0.393 e. The molecule has 0 aromatic carbocycles. The van der Waals surface area contributed by atoms with Crippen molar-refractivity contribution in [2.24, 2.45) is 46.3 Å². The van der Waals surface area contributed by atoms with Crippen LogP contribution in [0.15, 0.2) is 11.6 Å². The summed E-state index contributed by atoms with van der Waals surface area (Å²) in [6.07, 6.45) is 13.8. The molecule has 168 valence electrons. The van der Waals surface area contributed by atoms with Gasteiger partial charge in [0.2, 0.25) is 0 Å². The summed E-state index contributed by atoms with van der Waals surface area (Å²) < 4.78 is 7.00. The second kappa shape index (κ2) is 6.58. The normalized spacial score (nSPS) is 59.8. The van der Waals surface area contributed by atoms with Crippen molar-refractivity contribution >= 4 is 0 Å². The quantitative estimate of drug-likeness (QED) is 0.530. The van der Waals surface area contributed by atoms with E-state index in [4.69, 9.17) is 4.74 Å². The molecule has 0 amide bonds. The van der Waals surface area contributed by atoms with Crippen molar-refractivity contribution in [2.75, 3.05) is 6.54 Å². The largest absolute Gasteiger partial charge is 0.393 e. The Morgan fingerprint density at radius 1 is 1.07 bits per heavy atom. The molecule has 5 fully saturated rings. The number of aliphatic hydroxyl groups is 1. The standard InChI is InChI=1S/C27H43NO2/c1-16-7-12-27(28-15-16)17(2)24-23(30-27)14-22-20-6-5-18-13-19(29)8-10-25(18,3)21(20)9-11-26(22,24)4/h5,16-17,19-24,28-29H,6-15H2,1-4H3/t16-,17-,19-,20+,21-,22-,23+,24+,25-,26-,27+/m1/s1. The Morgan fingerprint density at radius 2 is 1.90 bits per heavy atom. The fraction of sp³-hybridized carbons (Fsp3) is 0.926. The molecule has 0 bridgehead atoms. The maximum absolute atomic E-state index is 10.3. The van der Waals surface area contributed by atoms with Crippen LogP contribution in [0.4, 0.5) is 0 Å². The van der Waals surface area contributed by atoms with Crippen LogP contribution in [0.1, 0.15) is 85.5 Å². The van der Waals surface area contributed by atoms with E-state index in [-0.39, 0.29) is 11.8 Å². The molecule has 4 aliphatic carbocycles. The van der Waals surface area contributed by atoms with Gasteiger partial charge < -0.3 is 9.84 Å². The molecule has 0 aromatic rings. The van der Waals surface area contributed by atoms with Crippen LogP contribution >= 0.6 is 0 Å². The fourth-order valence-electron chi connectivity index (χ4n) is 9.84. The number of allylic oxidation sites excluding steroid dienone is 1. The van der Waals surface area contributed by atoms with Crippen molar-refractivity contribution in [2.45, 2.75) is 103 Å². The summed E-state index contributed by atoms with van der Waals surface area (Å²) in [5.74, 6) is 4.58. The first-order chi connectivity index (χ1) is 14.3. The number of aliphatic hydroxyl groups excluding tert-OH is 1. The van der Waals surface area contributed by atoms with E-state index >= 15 is 0 Å². The molecule has 1 spiro atoms. The zero-order valence-corrected chi connectivity index (χ0v) is 19.6. The van der Waals surface area contributed by atoms with Gasteiger partial charge in [-0.25, -0.2) is 0 Å². The van der Waals surface area contributed by atoms with Gasteiger partial charge in [-0.3, -0.25) is 5.32 Å². The zero-order valence-electron chi connectivity index (χ0n) is 19.6. The Kier molecular flexibility index (Phi) is 4.44. The summed E-state index contributed by atoms with van der Waals surface area (Å²) in [5, 5.41) is 14.1. The van der Waals surface area contributed by atoms with E-state index in [1.807, 2.05) is 0 Å². The predicted molar refractivity (Wildman–Crippen MR) is 120 cm³/mol. The zero-order chi connectivity index (χ0) is 20.9. The maximum atomic E-state index is 10.3. The topological polar surface area (TPSA) is 41.5 Å². The van der Waals surface area contributed by atoms with Crippen LogP contribution in [0.2, 0.25) is 0 Å². The second-order valence-corrected chi connectivity index (χ2v) is 12.8. The van der Waals surface area contributed by atoms with Crippen molar-refractivity contribution in [3.8, 4) is 0 Å². The highest BCUT2D eigenvalue weighted by Gasteiger charge is 2.68. The monoisotopic (exact) mass is 413 g/mol. The highest BCUT2D eigenvalue weighted by Crippen LogP contribution is 2.70. The lowest BCUT2D eigenvalue weighted by Crippen LogP contribution is -2.57. The Hall–Kier alpha value is -0.380. The van der Waals surface area contributed by atoms with Crippen LogP contribution in [0.3, 0.4) is 0 Å². The van der Waals surface area contributed by atoms with Gasteiger partial charge in [0.15, 0.2) is 0 Å². The molecule has 0 unspecified atom stereocenters. The van der Waals surface area contributed by atoms with E-state index in [0.29, 0.717) is 22.9 Å². The van der Waals surface area contributed by atoms with Crippen molar-refractivity contribution in [1.29, 1.82) is 0 Å². The van der Waals surface area contributed by atoms with Gasteiger partial charge in [0.1, 0.15) is 5.72 Å². The van der Waals surface area contributed by atoms with Crippen molar-refractivity contribution in [1.82, 2.24) is 5.32 Å². The first kappa shape index (κ1) is 20.2.